The van der Waals surface area contributed by atoms with Gasteiger partial charge in [-0.15, -0.1) is 0 Å². The maximum atomic E-state index is 12.0. The highest BCUT2D eigenvalue weighted by Crippen LogP contribution is 2.35. The molecule has 0 heterocycles. The minimum absolute atomic E-state index is 0.0375. The van der Waals surface area contributed by atoms with Gasteiger partial charge in [-0.05, 0) is 44.4 Å². The summed E-state index contributed by atoms with van der Waals surface area (Å²) >= 11 is 0. The van der Waals surface area contributed by atoms with E-state index >= 15 is 0 Å². The first-order valence-electron chi connectivity index (χ1n) is 10.5. The lowest BCUT2D eigenvalue weighted by Gasteiger charge is -2.20. The molecule has 4 atom stereocenters. The molecule has 1 saturated carbocycles. The number of carbonyl (C=O) groups excluding carboxylic acids is 1. The number of esters is 1. The zero-order valence-electron chi connectivity index (χ0n) is 16.9. The van der Waals surface area contributed by atoms with Crippen molar-refractivity contribution in [1.82, 2.24) is 0 Å². The highest BCUT2D eigenvalue weighted by Gasteiger charge is 2.32. The van der Waals surface area contributed by atoms with Gasteiger partial charge >= 0.3 is 5.97 Å². The third-order valence-electron chi connectivity index (χ3n) is 5.42. The molecule has 1 N–H and O–H groups in total. The Morgan fingerprint density at radius 2 is 1.80 bits per heavy atom. The first-order chi connectivity index (χ1) is 11.9. The van der Waals surface area contributed by atoms with Crippen LogP contribution in [-0.4, -0.2) is 22.8 Å². The molecule has 1 aliphatic rings. The molecule has 0 aromatic carbocycles. The van der Waals surface area contributed by atoms with E-state index in [9.17, 15) is 9.90 Å². The van der Waals surface area contributed by atoms with Gasteiger partial charge in [0.2, 0.25) is 0 Å². The highest BCUT2D eigenvalue weighted by molar-refractivity contribution is 5.69. The Hall–Kier alpha value is -0.830. The van der Waals surface area contributed by atoms with Gasteiger partial charge in [0, 0.05) is 6.42 Å². The predicted molar refractivity (Wildman–Crippen MR) is 104 cm³/mol. The first-order valence-corrected chi connectivity index (χ1v) is 10.5. The van der Waals surface area contributed by atoms with Crippen LogP contribution in [-0.2, 0) is 9.53 Å². The average molecular weight is 353 g/mol. The van der Waals surface area contributed by atoms with Crippen molar-refractivity contribution in [3.8, 4) is 0 Å². The molecule has 0 spiro atoms. The second kappa shape index (κ2) is 11.7. The maximum Gasteiger partial charge on any atom is 0.306 e. The van der Waals surface area contributed by atoms with Crippen molar-refractivity contribution >= 4 is 5.97 Å². The van der Waals surface area contributed by atoms with Crippen LogP contribution in [0.1, 0.15) is 98.3 Å². The lowest BCUT2D eigenvalue weighted by molar-refractivity contribution is -0.149. The summed E-state index contributed by atoms with van der Waals surface area (Å²) in [4.78, 5) is 12.0. The Labute approximate surface area is 155 Å². The standard InChI is InChI=1S/C22H40O3/c1-5-7-9-10-12-21(23)25-20-16-18(3)19(17-20)13-15-22(4,24)14-11-8-6-2/h13,15,18-20,24H,5-12,14,16-17H2,1-4H3/t18?,19?,20?,22-/m0/s1. The molecule has 1 fully saturated rings. The largest absolute Gasteiger partial charge is 0.462 e. The molecule has 1 rings (SSSR count). The van der Waals surface area contributed by atoms with Crippen molar-refractivity contribution in [2.24, 2.45) is 11.8 Å². The monoisotopic (exact) mass is 352 g/mol. The number of ether oxygens (including phenoxy) is 1. The molecular formula is C22H40O3. The van der Waals surface area contributed by atoms with Gasteiger partial charge in [0.25, 0.3) is 0 Å². The lowest BCUT2D eigenvalue weighted by Crippen LogP contribution is -2.21. The van der Waals surface area contributed by atoms with E-state index in [1.165, 1.54) is 25.7 Å². The Kier molecular flexibility index (Phi) is 10.4. The molecule has 0 aromatic heterocycles. The second-order valence-electron chi connectivity index (χ2n) is 8.21. The molecule has 0 bridgehead atoms. The molecule has 146 valence electrons. The van der Waals surface area contributed by atoms with Crippen LogP contribution in [0.4, 0.5) is 0 Å². The van der Waals surface area contributed by atoms with E-state index < -0.39 is 5.60 Å². The van der Waals surface area contributed by atoms with Gasteiger partial charge < -0.3 is 9.84 Å². The Balaban J connectivity index is 2.36. The topological polar surface area (TPSA) is 46.5 Å². The summed E-state index contributed by atoms with van der Waals surface area (Å²) in [6.07, 6.45) is 15.2. The zero-order valence-corrected chi connectivity index (χ0v) is 16.9. The Morgan fingerprint density at radius 1 is 1.12 bits per heavy atom. The Morgan fingerprint density at radius 3 is 2.48 bits per heavy atom. The lowest BCUT2D eigenvalue weighted by atomic mass is 9.92. The van der Waals surface area contributed by atoms with Crippen molar-refractivity contribution in [3.05, 3.63) is 12.2 Å². The van der Waals surface area contributed by atoms with Crippen molar-refractivity contribution in [3.63, 3.8) is 0 Å². The van der Waals surface area contributed by atoms with Crippen LogP contribution in [0, 0.1) is 11.8 Å². The van der Waals surface area contributed by atoms with Crippen molar-refractivity contribution < 1.29 is 14.6 Å². The fourth-order valence-electron chi connectivity index (χ4n) is 3.67. The summed E-state index contributed by atoms with van der Waals surface area (Å²) in [5.41, 5.74) is -0.719. The van der Waals surface area contributed by atoms with Gasteiger partial charge in [-0.2, -0.15) is 0 Å². The van der Waals surface area contributed by atoms with Gasteiger partial charge in [-0.3, -0.25) is 4.79 Å². The van der Waals surface area contributed by atoms with Gasteiger partial charge in [-0.25, -0.2) is 0 Å². The number of rotatable bonds is 12. The van der Waals surface area contributed by atoms with Crippen LogP contribution in [0.2, 0.25) is 0 Å². The number of carbonyl (C=O) groups is 1. The number of hydrogen-bond acceptors (Lipinski definition) is 3. The molecule has 3 nitrogen and oxygen atoms in total. The second-order valence-corrected chi connectivity index (χ2v) is 8.21. The average Bonchev–Trinajstić information content (AvgIpc) is 2.89. The van der Waals surface area contributed by atoms with E-state index in [0.717, 1.165) is 38.5 Å². The van der Waals surface area contributed by atoms with Crippen molar-refractivity contribution in [1.29, 1.82) is 0 Å². The minimum Gasteiger partial charge on any atom is -0.462 e. The summed E-state index contributed by atoms with van der Waals surface area (Å²) < 4.78 is 5.67. The molecular weight excluding hydrogens is 312 g/mol. The van der Waals surface area contributed by atoms with Crippen LogP contribution in [0.15, 0.2) is 12.2 Å². The maximum absolute atomic E-state index is 12.0. The Bertz CT molecular complexity index is 400. The number of unbranched alkanes of at least 4 members (excludes halogenated alkanes) is 5. The molecule has 0 saturated heterocycles. The molecule has 0 aromatic rings. The zero-order chi connectivity index (χ0) is 18.7. The first kappa shape index (κ1) is 22.2. The normalized spacial score (nSPS) is 26.0. The van der Waals surface area contributed by atoms with E-state index in [2.05, 4.69) is 26.8 Å². The summed E-state index contributed by atoms with van der Waals surface area (Å²) in [6.45, 7) is 8.46. The van der Waals surface area contributed by atoms with E-state index in [1.807, 2.05) is 13.0 Å². The highest BCUT2D eigenvalue weighted by atomic mass is 16.5. The quantitative estimate of drug-likeness (QED) is 0.274. The smallest absolute Gasteiger partial charge is 0.306 e. The van der Waals surface area contributed by atoms with Gasteiger partial charge in [-0.1, -0.05) is 71.4 Å². The van der Waals surface area contributed by atoms with Crippen molar-refractivity contribution in [2.75, 3.05) is 0 Å². The summed E-state index contributed by atoms with van der Waals surface area (Å²) in [5.74, 6) is 0.862. The van der Waals surface area contributed by atoms with E-state index in [-0.39, 0.29) is 12.1 Å². The number of aliphatic hydroxyl groups is 1. The SMILES string of the molecule is CCCCCCC(=O)OC1CC(C)C(C=C[C@@](C)(O)CCCCC)C1. The number of allylic oxidation sites excluding steroid dienone is 1. The summed E-state index contributed by atoms with van der Waals surface area (Å²) in [5, 5.41) is 10.5. The molecule has 1 aliphatic carbocycles. The van der Waals surface area contributed by atoms with Crippen LogP contribution >= 0.6 is 0 Å². The van der Waals surface area contributed by atoms with Gasteiger partial charge in [0.15, 0.2) is 0 Å². The molecule has 0 radical (unpaired) electrons. The van der Waals surface area contributed by atoms with Crippen LogP contribution in [0.25, 0.3) is 0 Å². The van der Waals surface area contributed by atoms with Crippen molar-refractivity contribution in [2.45, 2.75) is 110 Å². The van der Waals surface area contributed by atoms with E-state index in [0.29, 0.717) is 18.3 Å². The predicted octanol–water partition coefficient (Wildman–Crippen LogP) is 5.80. The molecule has 3 unspecified atom stereocenters. The van der Waals surface area contributed by atoms with Gasteiger partial charge in [0.1, 0.15) is 6.10 Å². The molecule has 25 heavy (non-hydrogen) atoms. The minimum atomic E-state index is -0.719. The summed E-state index contributed by atoms with van der Waals surface area (Å²) in [6, 6.07) is 0. The van der Waals surface area contributed by atoms with Crippen LogP contribution in [0.5, 0.6) is 0 Å². The molecule has 0 amide bonds. The summed E-state index contributed by atoms with van der Waals surface area (Å²) in [7, 11) is 0. The third kappa shape index (κ3) is 9.44. The van der Waals surface area contributed by atoms with Gasteiger partial charge in [0.05, 0.1) is 5.60 Å². The molecule has 0 aliphatic heterocycles. The van der Waals surface area contributed by atoms with E-state index in [1.54, 1.807) is 0 Å². The van der Waals surface area contributed by atoms with Crippen LogP contribution < -0.4 is 0 Å². The fourth-order valence-corrected chi connectivity index (χ4v) is 3.67. The van der Waals surface area contributed by atoms with E-state index in [4.69, 9.17) is 4.74 Å². The third-order valence-corrected chi connectivity index (χ3v) is 5.42. The van der Waals surface area contributed by atoms with Crippen LogP contribution in [0.3, 0.4) is 0 Å². The number of hydrogen-bond donors (Lipinski definition) is 1. The fraction of sp³-hybridized carbons (Fsp3) is 0.864. The molecule has 3 heteroatoms.